The Bertz CT molecular complexity index is 359. The lowest BCUT2D eigenvalue weighted by molar-refractivity contribution is 0.267. The van der Waals surface area contributed by atoms with Gasteiger partial charge in [-0.05, 0) is 50.9 Å². The summed E-state index contributed by atoms with van der Waals surface area (Å²) in [5.74, 6) is 0.901. The molecule has 0 saturated carbocycles. The Morgan fingerprint density at radius 1 is 1.44 bits per heavy atom. The van der Waals surface area contributed by atoms with Gasteiger partial charge >= 0.3 is 0 Å². The Labute approximate surface area is 114 Å². The Morgan fingerprint density at radius 3 is 2.78 bits per heavy atom. The molecule has 2 nitrogen and oxygen atoms in total. The third-order valence-corrected chi connectivity index (χ3v) is 4.05. The minimum Gasteiger partial charge on any atom is -0.324 e. The van der Waals surface area contributed by atoms with Crippen molar-refractivity contribution >= 4 is 11.8 Å². The summed E-state index contributed by atoms with van der Waals surface area (Å²) in [6.45, 7) is 3.14. The average molecular weight is 270 g/mol. The number of hydrogen-bond acceptors (Lipinski definition) is 3. The summed E-state index contributed by atoms with van der Waals surface area (Å²) >= 11 is 1.85. The smallest absolute Gasteiger partial charge is 0.123 e. The van der Waals surface area contributed by atoms with Crippen molar-refractivity contribution in [3.8, 4) is 0 Å². The number of benzene rings is 1. The summed E-state index contributed by atoms with van der Waals surface area (Å²) in [6.07, 6.45) is 2.96. The van der Waals surface area contributed by atoms with Crippen molar-refractivity contribution < 1.29 is 4.39 Å². The predicted molar refractivity (Wildman–Crippen MR) is 78.4 cm³/mol. The highest BCUT2D eigenvalue weighted by atomic mass is 32.2. The molecule has 0 fully saturated rings. The lowest BCUT2D eigenvalue weighted by atomic mass is 10.0. The molecule has 0 saturated heterocycles. The molecule has 1 rings (SSSR count). The highest BCUT2D eigenvalue weighted by Gasteiger charge is 2.12. The normalized spacial score (nSPS) is 14.8. The molecule has 18 heavy (non-hydrogen) atoms. The van der Waals surface area contributed by atoms with Gasteiger partial charge in [-0.15, -0.1) is 0 Å². The maximum atomic E-state index is 13.1. The molecule has 0 aliphatic carbocycles. The summed E-state index contributed by atoms with van der Waals surface area (Å²) < 4.78 is 13.1. The van der Waals surface area contributed by atoms with Gasteiger partial charge in [0.25, 0.3) is 0 Å². The van der Waals surface area contributed by atoms with E-state index >= 15 is 0 Å². The van der Waals surface area contributed by atoms with Gasteiger partial charge in [0, 0.05) is 17.8 Å². The Hall–Kier alpha value is -0.580. The fraction of sp³-hybridized carbons (Fsp3) is 0.571. The molecule has 102 valence electrons. The van der Waals surface area contributed by atoms with Crippen molar-refractivity contribution in [3.63, 3.8) is 0 Å². The number of halogens is 1. The average Bonchev–Trinajstić information content (AvgIpc) is 2.35. The van der Waals surface area contributed by atoms with E-state index in [0.29, 0.717) is 6.04 Å². The van der Waals surface area contributed by atoms with E-state index in [2.05, 4.69) is 25.1 Å². The molecule has 1 aromatic carbocycles. The molecule has 4 heteroatoms. The summed E-state index contributed by atoms with van der Waals surface area (Å²) in [5, 5.41) is 0. The molecule has 0 amide bonds. The molecule has 0 heterocycles. The van der Waals surface area contributed by atoms with E-state index in [1.807, 2.05) is 17.8 Å². The van der Waals surface area contributed by atoms with E-state index in [4.69, 9.17) is 5.73 Å². The molecular weight excluding hydrogens is 247 g/mol. The molecule has 0 aliphatic rings. The molecule has 0 radical (unpaired) electrons. The molecule has 1 aromatic rings. The molecule has 2 atom stereocenters. The van der Waals surface area contributed by atoms with E-state index in [9.17, 15) is 4.39 Å². The number of rotatable bonds is 7. The van der Waals surface area contributed by atoms with Crippen molar-refractivity contribution in [3.05, 3.63) is 35.6 Å². The molecule has 0 aromatic heterocycles. The number of nitrogens with zero attached hydrogens (tertiary/aromatic N) is 1. The minimum absolute atomic E-state index is 0.0929. The standard InChI is InChI=1S/C14H23FN2S/c1-11(10-18-3)17(2)8-7-14(16)12-5-4-6-13(15)9-12/h4-6,9,11,14H,7-8,10,16H2,1-3H3. The van der Waals surface area contributed by atoms with Crippen LogP contribution in [-0.4, -0.2) is 36.5 Å². The number of nitrogens with two attached hydrogens (primary N) is 1. The van der Waals surface area contributed by atoms with Gasteiger partial charge in [-0.2, -0.15) is 11.8 Å². The zero-order valence-electron chi connectivity index (χ0n) is 11.4. The third-order valence-electron chi connectivity index (χ3n) is 3.23. The topological polar surface area (TPSA) is 29.3 Å². The van der Waals surface area contributed by atoms with Gasteiger partial charge in [0.15, 0.2) is 0 Å². The monoisotopic (exact) mass is 270 g/mol. The fourth-order valence-electron chi connectivity index (χ4n) is 1.84. The zero-order chi connectivity index (χ0) is 13.5. The molecule has 0 aliphatic heterocycles. The Morgan fingerprint density at radius 2 is 2.17 bits per heavy atom. The number of hydrogen-bond donors (Lipinski definition) is 1. The van der Waals surface area contributed by atoms with Gasteiger partial charge in [0.1, 0.15) is 5.82 Å². The van der Waals surface area contributed by atoms with E-state index in [1.54, 1.807) is 6.07 Å². The molecule has 2 unspecified atom stereocenters. The van der Waals surface area contributed by atoms with Crippen LogP contribution in [0.4, 0.5) is 4.39 Å². The predicted octanol–water partition coefficient (Wildman–Crippen LogP) is 2.90. The highest BCUT2D eigenvalue weighted by Crippen LogP contribution is 2.16. The van der Waals surface area contributed by atoms with Crippen LogP contribution in [0.15, 0.2) is 24.3 Å². The lowest BCUT2D eigenvalue weighted by Crippen LogP contribution is -2.33. The van der Waals surface area contributed by atoms with Gasteiger partial charge in [0.2, 0.25) is 0 Å². The van der Waals surface area contributed by atoms with Crippen molar-refractivity contribution in [2.24, 2.45) is 5.73 Å². The first-order valence-corrected chi connectivity index (χ1v) is 7.64. The van der Waals surface area contributed by atoms with Gasteiger partial charge in [-0.25, -0.2) is 4.39 Å². The maximum Gasteiger partial charge on any atom is 0.123 e. The van der Waals surface area contributed by atoms with Crippen LogP contribution in [-0.2, 0) is 0 Å². The van der Waals surface area contributed by atoms with Gasteiger partial charge in [0.05, 0.1) is 0 Å². The first kappa shape index (κ1) is 15.5. The summed E-state index contributed by atoms with van der Waals surface area (Å²) in [7, 11) is 2.11. The van der Waals surface area contributed by atoms with Crippen LogP contribution in [0.3, 0.4) is 0 Å². The van der Waals surface area contributed by atoms with E-state index in [0.717, 1.165) is 24.3 Å². The molecule has 0 spiro atoms. The van der Waals surface area contributed by atoms with Crippen LogP contribution in [0, 0.1) is 5.82 Å². The zero-order valence-corrected chi connectivity index (χ0v) is 12.2. The van der Waals surface area contributed by atoms with E-state index in [-0.39, 0.29) is 11.9 Å². The van der Waals surface area contributed by atoms with Gasteiger partial charge < -0.3 is 10.6 Å². The first-order valence-electron chi connectivity index (χ1n) is 6.24. The van der Waals surface area contributed by atoms with Crippen molar-refractivity contribution in [2.75, 3.05) is 25.6 Å². The second-order valence-electron chi connectivity index (χ2n) is 4.74. The Balaban J connectivity index is 2.43. The lowest BCUT2D eigenvalue weighted by Gasteiger charge is -2.25. The Kier molecular flexibility index (Phi) is 6.68. The summed E-state index contributed by atoms with van der Waals surface area (Å²) in [6, 6.07) is 7.02. The van der Waals surface area contributed by atoms with Crippen LogP contribution in [0.25, 0.3) is 0 Å². The first-order chi connectivity index (χ1) is 8.54. The minimum atomic E-state index is -0.216. The second kappa shape index (κ2) is 7.77. The summed E-state index contributed by atoms with van der Waals surface area (Å²) in [5.41, 5.74) is 6.96. The SMILES string of the molecule is CSCC(C)N(C)CCC(N)c1cccc(F)c1. The summed E-state index contributed by atoms with van der Waals surface area (Å²) in [4.78, 5) is 2.30. The largest absolute Gasteiger partial charge is 0.324 e. The molecular formula is C14H23FN2S. The maximum absolute atomic E-state index is 13.1. The van der Waals surface area contributed by atoms with Crippen LogP contribution in [0.2, 0.25) is 0 Å². The van der Waals surface area contributed by atoms with Gasteiger partial charge in [-0.1, -0.05) is 12.1 Å². The number of thioether (sulfide) groups is 1. The van der Waals surface area contributed by atoms with Gasteiger partial charge in [-0.3, -0.25) is 0 Å². The van der Waals surface area contributed by atoms with E-state index in [1.165, 1.54) is 12.1 Å². The van der Waals surface area contributed by atoms with Crippen molar-refractivity contribution in [1.29, 1.82) is 0 Å². The quantitative estimate of drug-likeness (QED) is 0.826. The van der Waals surface area contributed by atoms with Crippen LogP contribution < -0.4 is 5.73 Å². The molecule has 0 bridgehead atoms. The van der Waals surface area contributed by atoms with Crippen LogP contribution >= 0.6 is 11.8 Å². The van der Waals surface area contributed by atoms with E-state index < -0.39 is 0 Å². The molecule has 2 N–H and O–H groups in total. The van der Waals surface area contributed by atoms with Crippen LogP contribution in [0.1, 0.15) is 24.9 Å². The van der Waals surface area contributed by atoms with Crippen molar-refractivity contribution in [2.45, 2.75) is 25.4 Å². The highest BCUT2D eigenvalue weighted by molar-refractivity contribution is 7.98. The van der Waals surface area contributed by atoms with Crippen molar-refractivity contribution in [1.82, 2.24) is 4.90 Å². The van der Waals surface area contributed by atoms with Crippen LogP contribution in [0.5, 0.6) is 0 Å². The second-order valence-corrected chi connectivity index (χ2v) is 5.65. The third kappa shape index (κ3) is 4.96. The fourth-order valence-corrected chi connectivity index (χ4v) is 2.57.